The highest BCUT2D eigenvalue weighted by Crippen LogP contribution is 2.19. The average Bonchev–Trinajstić information content (AvgIpc) is 2.33. The van der Waals surface area contributed by atoms with Crippen molar-refractivity contribution in [1.29, 1.82) is 0 Å². The quantitative estimate of drug-likeness (QED) is 0.448. The van der Waals surface area contributed by atoms with Gasteiger partial charge < -0.3 is 0 Å². The third-order valence-electron chi connectivity index (χ3n) is 1.34. The van der Waals surface area contributed by atoms with Crippen LogP contribution in [0.2, 0.25) is 0 Å². The Kier molecular flexibility index (Phi) is 1.12. The van der Waals surface area contributed by atoms with E-state index in [1.807, 2.05) is 24.3 Å². The fourth-order valence-corrected chi connectivity index (χ4v) is 0.853. The van der Waals surface area contributed by atoms with Crippen LogP contribution in [0.15, 0.2) is 24.3 Å². The smallest absolute Gasteiger partial charge is 0.147 e. The summed E-state index contributed by atoms with van der Waals surface area (Å²) in [5.41, 5.74) is 0. The van der Waals surface area contributed by atoms with E-state index in [2.05, 4.69) is 5.04 Å². The Morgan fingerprint density at radius 1 is 0.889 bits per heavy atom. The standard InChI is InChI=1S/C6H6O3/c1-2-4-6-5(3-1)7-9-8-6/h1-6H. The molecule has 1 aliphatic carbocycles. The summed E-state index contributed by atoms with van der Waals surface area (Å²) in [5, 5.41) is 4.29. The molecule has 3 nitrogen and oxygen atoms in total. The van der Waals surface area contributed by atoms with E-state index in [1.54, 1.807) is 0 Å². The van der Waals surface area contributed by atoms with Gasteiger partial charge in [-0.3, -0.25) is 0 Å². The van der Waals surface area contributed by atoms with Gasteiger partial charge in [0.1, 0.15) is 12.2 Å². The lowest BCUT2D eigenvalue weighted by molar-refractivity contribution is -0.461. The number of hydrogen-bond donors (Lipinski definition) is 0. The van der Waals surface area contributed by atoms with E-state index in [-0.39, 0.29) is 12.2 Å². The molecule has 0 amide bonds. The minimum atomic E-state index is -0.0463. The van der Waals surface area contributed by atoms with Gasteiger partial charge in [-0.05, 0) is 12.2 Å². The van der Waals surface area contributed by atoms with Gasteiger partial charge in [-0.15, -0.1) is 0 Å². The van der Waals surface area contributed by atoms with Crippen LogP contribution in [0.3, 0.4) is 0 Å². The minimum absolute atomic E-state index is 0.0463. The summed E-state index contributed by atoms with van der Waals surface area (Å²) in [6, 6.07) is 0. The van der Waals surface area contributed by atoms with Crippen LogP contribution in [-0.4, -0.2) is 12.2 Å². The lowest BCUT2D eigenvalue weighted by atomic mass is 10.1. The molecule has 2 unspecified atom stereocenters. The first-order chi connectivity index (χ1) is 4.47. The zero-order valence-corrected chi connectivity index (χ0v) is 4.69. The molecule has 0 saturated carbocycles. The summed E-state index contributed by atoms with van der Waals surface area (Å²) < 4.78 is 0. The Bertz CT molecular complexity index is 144. The first kappa shape index (κ1) is 5.17. The molecule has 1 fully saturated rings. The van der Waals surface area contributed by atoms with Crippen LogP contribution in [0.5, 0.6) is 0 Å². The van der Waals surface area contributed by atoms with Crippen LogP contribution < -0.4 is 0 Å². The molecule has 0 spiro atoms. The van der Waals surface area contributed by atoms with Crippen molar-refractivity contribution >= 4 is 0 Å². The van der Waals surface area contributed by atoms with E-state index in [0.717, 1.165) is 0 Å². The van der Waals surface area contributed by atoms with Crippen LogP contribution in [-0.2, 0) is 14.8 Å². The van der Waals surface area contributed by atoms with Crippen molar-refractivity contribution in [3.63, 3.8) is 0 Å². The zero-order valence-electron chi connectivity index (χ0n) is 4.69. The van der Waals surface area contributed by atoms with Gasteiger partial charge in [-0.1, -0.05) is 17.2 Å². The second kappa shape index (κ2) is 1.95. The molecule has 9 heavy (non-hydrogen) atoms. The minimum Gasteiger partial charge on any atom is -0.195 e. The van der Waals surface area contributed by atoms with Crippen molar-refractivity contribution in [2.24, 2.45) is 0 Å². The maximum absolute atomic E-state index is 4.70. The molecule has 48 valence electrons. The fraction of sp³-hybridized carbons (Fsp3) is 0.333. The van der Waals surface area contributed by atoms with E-state index in [1.165, 1.54) is 0 Å². The van der Waals surface area contributed by atoms with Crippen molar-refractivity contribution in [2.75, 3.05) is 0 Å². The number of hydrogen-bond acceptors (Lipinski definition) is 3. The Labute approximate surface area is 52.4 Å². The molecule has 1 heterocycles. The lowest BCUT2D eigenvalue weighted by Gasteiger charge is -2.05. The number of allylic oxidation sites excluding steroid dienone is 2. The molecular weight excluding hydrogens is 120 g/mol. The molecule has 0 bridgehead atoms. The molecule has 2 atom stereocenters. The highest BCUT2D eigenvalue weighted by atomic mass is 17.5. The normalized spacial score (nSPS) is 39.1. The van der Waals surface area contributed by atoms with Crippen LogP contribution in [0.25, 0.3) is 0 Å². The van der Waals surface area contributed by atoms with Crippen molar-refractivity contribution < 1.29 is 14.8 Å². The number of fused-ring (bicyclic) bond motifs is 1. The van der Waals surface area contributed by atoms with Crippen LogP contribution >= 0.6 is 0 Å². The van der Waals surface area contributed by atoms with Gasteiger partial charge in [-0.25, -0.2) is 0 Å². The van der Waals surface area contributed by atoms with E-state index >= 15 is 0 Å². The summed E-state index contributed by atoms with van der Waals surface area (Å²) >= 11 is 0. The van der Waals surface area contributed by atoms with E-state index in [9.17, 15) is 0 Å². The molecule has 0 N–H and O–H groups in total. The van der Waals surface area contributed by atoms with Gasteiger partial charge in [0.15, 0.2) is 0 Å². The number of rotatable bonds is 0. The fourth-order valence-electron chi connectivity index (χ4n) is 0.853. The maximum atomic E-state index is 4.70. The Morgan fingerprint density at radius 3 is 2.00 bits per heavy atom. The highest BCUT2D eigenvalue weighted by molar-refractivity contribution is 5.16. The average molecular weight is 126 g/mol. The monoisotopic (exact) mass is 126 g/mol. The van der Waals surface area contributed by atoms with Crippen molar-refractivity contribution in [3.05, 3.63) is 24.3 Å². The van der Waals surface area contributed by atoms with Crippen molar-refractivity contribution in [2.45, 2.75) is 12.2 Å². The predicted octanol–water partition coefficient (Wildman–Crippen LogP) is 0.743. The summed E-state index contributed by atoms with van der Waals surface area (Å²) in [5.74, 6) is 0. The van der Waals surface area contributed by atoms with E-state index in [0.29, 0.717) is 0 Å². The third kappa shape index (κ3) is 0.790. The van der Waals surface area contributed by atoms with E-state index < -0.39 is 0 Å². The first-order valence-corrected chi connectivity index (χ1v) is 2.80. The molecule has 2 aliphatic rings. The first-order valence-electron chi connectivity index (χ1n) is 2.80. The van der Waals surface area contributed by atoms with Crippen LogP contribution in [0.4, 0.5) is 0 Å². The van der Waals surface area contributed by atoms with Crippen molar-refractivity contribution in [3.8, 4) is 0 Å². The molecule has 0 radical (unpaired) electrons. The second-order valence-electron chi connectivity index (χ2n) is 1.96. The summed E-state index contributed by atoms with van der Waals surface area (Å²) in [4.78, 5) is 9.39. The Morgan fingerprint density at radius 2 is 1.44 bits per heavy atom. The molecule has 1 aliphatic heterocycles. The molecule has 0 aromatic heterocycles. The SMILES string of the molecule is C1=CC2OOOC2C=C1. The lowest BCUT2D eigenvalue weighted by Crippen LogP contribution is -2.18. The summed E-state index contributed by atoms with van der Waals surface area (Å²) in [7, 11) is 0. The topological polar surface area (TPSA) is 27.7 Å². The molecule has 0 aromatic carbocycles. The molecule has 3 heteroatoms. The van der Waals surface area contributed by atoms with Gasteiger partial charge in [0, 0.05) is 0 Å². The predicted molar refractivity (Wildman–Crippen MR) is 29.1 cm³/mol. The van der Waals surface area contributed by atoms with Gasteiger partial charge in [0.25, 0.3) is 0 Å². The second-order valence-corrected chi connectivity index (χ2v) is 1.96. The third-order valence-corrected chi connectivity index (χ3v) is 1.34. The maximum Gasteiger partial charge on any atom is 0.147 e. The van der Waals surface area contributed by atoms with Gasteiger partial charge in [0.2, 0.25) is 0 Å². The largest absolute Gasteiger partial charge is 0.195 e. The summed E-state index contributed by atoms with van der Waals surface area (Å²) in [6.45, 7) is 0. The van der Waals surface area contributed by atoms with E-state index in [4.69, 9.17) is 9.78 Å². The van der Waals surface area contributed by atoms with Gasteiger partial charge in [-0.2, -0.15) is 9.78 Å². The molecule has 1 saturated heterocycles. The Balaban J connectivity index is 2.18. The van der Waals surface area contributed by atoms with Crippen LogP contribution in [0.1, 0.15) is 0 Å². The molecule has 2 rings (SSSR count). The highest BCUT2D eigenvalue weighted by Gasteiger charge is 2.28. The van der Waals surface area contributed by atoms with Crippen LogP contribution in [0, 0.1) is 0 Å². The Hall–Kier alpha value is -0.640. The summed E-state index contributed by atoms with van der Waals surface area (Å²) in [6.07, 6.45) is 7.48. The molecular formula is C6H6O3. The molecule has 0 aromatic rings. The van der Waals surface area contributed by atoms with Gasteiger partial charge >= 0.3 is 0 Å². The zero-order chi connectivity index (χ0) is 6.10. The van der Waals surface area contributed by atoms with Gasteiger partial charge in [0.05, 0.1) is 0 Å². The van der Waals surface area contributed by atoms with Crippen molar-refractivity contribution in [1.82, 2.24) is 0 Å².